The highest BCUT2D eigenvalue weighted by Crippen LogP contribution is 2.32. The second-order valence-corrected chi connectivity index (χ2v) is 7.24. The van der Waals surface area contributed by atoms with Crippen LogP contribution in [0.2, 0.25) is 0 Å². The van der Waals surface area contributed by atoms with Crippen molar-refractivity contribution in [3.8, 4) is 0 Å². The van der Waals surface area contributed by atoms with Gasteiger partial charge in [0, 0.05) is 17.0 Å². The first-order valence-electron chi connectivity index (χ1n) is 7.59. The van der Waals surface area contributed by atoms with E-state index in [1.807, 2.05) is 0 Å². The molecule has 0 radical (unpaired) electrons. The lowest BCUT2D eigenvalue weighted by atomic mass is 10.00. The first kappa shape index (κ1) is 14.9. The van der Waals surface area contributed by atoms with Crippen LogP contribution < -0.4 is 5.32 Å². The summed E-state index contributed by atoms with van der Waals surface area (Å²) < 4.78 is 0. The van der Waals surface area contributed by atoms with Gasteiger partial charge in [-0.05, 0) is 36.9 Å². The number of nitrogens with one attached hydrogen (secondary N) is 1. The Labute approximate surface area is 122 Å². The molecule has 1 saturated carbocycles. The van der Waals surface area contributed by atoms with E-state index in [1.54, 1.807) is 0 Å². The van der Waals surface area contributed by atoms with Crippen molar-refractivity contribution in [1.29, 1.82) is 0 Å². The molecule has 1 aromatic carbocycles. The van der Waals surface area contributed by atoms with Crippen LogP contribution in [0.3, 0.4) is 0 Å². The number of rotatable bonds is 6. The third-order valence-corrected chi connectivity index (χ3v) is 5.62. The number of hydrogen-bond donors (Lipinski definition) is 1. The lowest BCUT2D eigenvalue weighted by Crippen LogP contribution is -2.19. The monoisotopic (exact) mass is 277 g/mol. The van der Waals surface area contributed by atoms with Gasteiger partial charge in [-0.1, -0.05) is 51.0 Å². The van der Waals surface area contributed by atoms with Crippen molar-refractivity contribution in [1.82, 2.24) is 5.32 Å². The Bertz CT molecular complexity index is 365. The topological polar surface area (TPSA) is 12.0 Å². The van der Waals surface area contributed by atoms with Crippen molar-refractivity contribution in [2.45, 2.75) is 56.7 Å². The van der Waals surface area contributed by atoms with Gasteiger partial charge in [0.15, 0.2) is 0 Å². The molecule has 0 amide bonds. The van der Waals surface area contributed by atoms with Gasteiger partial charge >= 0.3 is 0 Å². The summed E-state index contributed by atoms with van der Waals surface area (Å²) in [5.74, 6) is 1.82. The summed E-state index contributed by atoms with van der Waals surface area (Å²) in [6.45, 7) is 4.50. The molecule has 0 aromatic heterocycles. The normalized spacial score (nSPS) is 18.1. The largest absolute Gasteiger partial charge is 0.312 e. The van der Waals surface area contributed by atoms with Gasteiger partial charge in [-0.3, -0.25) is 0 Å². The van der Waals surface area contributed by atoms with Crippen LogP contribution in [0.25, 0.3) is 0 Å². The van der Waals surface area contributed by atoms with Gasteiger partial charge in [0.25, 0.3) is 0 Å². The first-order valence-corrected chi connectivity index (χ1v) is 8.64. The highest BCUT2D eigenvalue weighted by Gasteiger charge is 2.18. The van der Waals surface area contributed by atoms with E-state index in [1.165, 1.54) is 42.6 Å². The molecule has 0 bridgehead atoms. The molecule has 1 nitrogen and oxygen atoms in total. The minimum absolute atomic E-state index is 0.492. The van der Waals surface area contributed by atoms with Crippen LogP contribution in [-0.4, -0.2) is 18.1 Å². The Morgan fingerprint density at radius 2 is 1.68 bits per heavy atom. The van der Waals surface area contributed by atoms with Crippen LogP contribution in [0.1, 0.15) is 62.6 Å². The Balaban J connectivity index is 1.92. The smallest absolute Gasteiger partial charge is 0.0409 e. The lowest BCUT2D eigenvalue weighted by molar-refractivity contribution is 0.659. The van der Waals surface area contributed by atoms with Gasteiger partial charge in [0.05, 0.1) is 0 Å². The summed E-state index contributed by atoms with van der Waals surface area (Å²) in [6.07, 6.45) is 5.72. The summed E-state index contributed by atoms with van der Waals surface area (Å²) in [7, 11) is 2.08. The maximum Gasteiger partial charge on any atom is 0.0409 e. The highest BCUT2D eigenvalue weighted by atomic mass is 32.2. The average Bonchev–Trinajstić information content (AvgIpc) is 2.93. The SMILES string of the molecule is CNC(CSC1CCCC1)c1ccc(C(C)C)cc1. The molecular weight excluding hydrogens is 250 g/mol. The van der Waals surface area contributed by atoms with Gasteiger partial charge in [-0.2, -0.15) is 11.8 Å². The van der Waals surface area contributed by atoms with Crippen LogP contribution in [0.4, 0.5) is 0 Å². The molecule has 0 heterocycles. The van der Waals surface area contributed by atoms with E-state index in [0.717, 1.165) is 5.25 Å². The molecule has 106 valence electrons. The zero-order valence-electron chi connectivity index (χ0n) is 12.5. The Morgan fingerprint density at radius 1 is 1.11 bits per heavy atom. The van der Waals surface area contributed by atoms with E-state index in [-0.39, 0.29) is 0 Å². The van der Waals surface area contributed by atoms with Gasteiger partial charge < -0.3 is 5.32 Å². The van der Waals surface area contributed by atoms with Crippen LogP contribution in [-0.2, 0) is 0 Å². The molecule has 1 aliphatic carbocycles. The van der Waals surface area contributed by atoms with Crippen molar-refractivity contribution >= 4 is 11.8 Å². The number of hydrogen-bond acceptors (Lipinski definition) is 2. The zero-order chi connectivity index (χ0) is 13.7. The summed E-state index contributed by atoms with van der Waals surface area (Å²) in [4.78, 5) is 0. The van der Waals surface area contributed by atoms with Crippen LogP contribution in [0.5, 0.6) is 0 Å². The molecule has 0 spiro atoms. The molecule has 1 aromatic rings. The molecule has 2 rings (SSSR count). The third-order valence-electron chi connectivity index (χ3n) is 4.15. The summed E-state index contributed by atoms with van der Waals surface area (Å²) in [6, 6.07) is 9.65. The van der Waals surface area contributed by atoms with Crippen LogP contribution in [0, 0.1) is 0 Å². The quantitative estimate of drug-likeness (QED) is 0.805. The minimum atomic E-state index is 0.492. The van der Waals surface area contributed by atoms with E-state index in [0.29, 0.717) is 12.0 Å². The fourth-order valence-electron chi connectivity index (χ4n) is 2.75. The number of thioether (sulfide) groups is 1. The molecule has 0 saturated heterocycles. The van der Waals surface area contributed by atoms with E-state index in [2.05, 4.69) is 62.2 Å². The molecule has 19 heavy (non-hydrogen) atoms. The van der Waals surface area contributed by atoms with Gasteiger partial charge in [0.1, 0.15) is 0 Å². The van der Waals surface area contributed by atoms with E-state index in [4.69, 9.17) is 0 Å². The molecular formula is C17H27NS. The molecule has 2 heteroatoms. The zero-order valence-corrected chi connectivity index (χ0v) is 13.3. The number of benzene rings is 1. The van der Waals surface area contributed by atoms with Crippen molar-refractivity contribution in [3.63, 3.8) is 0 Å². The van der Waals surface area contributed by atoms with Gasteiger partial charge in [0.2, 0.25) is 0 Å². The minimum Gasteiger partial charge on any atom is -0.312 e. The van der Waals surface area contributed by atoms with Crippen molar-refractivity contribution in [2.24, 2.45) is 0 Å². The second-order valence-electron chi connectivity index (χ2n) is 5.90. The molecule has 0 aliphatic heterocycles. The van der Waals surface area contributed by atoms with Gasteiger partial charge in [-0.25, -0.2) is 0 Å². The molecule has 1 unspecified atom stereocenters. The lowest BCUT2D eigenvalue weighted by Gasteiger charge is -2.19. The highest BCUT2D eigenvalue weighted by molar-refractivity contribution is 7.99. The predicted octanol–water partition coefficient (Wildman–Crippen LogP) is 4.75. The first-order chi connectivity index (χ1) is 9.20. The fourth-order valence-corrected chi connectivity index (χ4v) is 4.24. The summed E-state index contributed by atoms with van der Waals surface area (Å²) >= 11 is 2.16. The second kappa shape index (κ2) is 7.35. The van der Waals surface area contributed by atoms with Crippen molar-refractivity contribution < 1.29 is 0 Å². The van der Waals surface area contributed by atoms with Gasteiger partial charge in [-0.15, -0.1) is 0 Å². The van der Waals surface area contributed by atoms with E-state index < -0.39 is 0 Å². The molecule has 1 aliphatic rings. The molecule has 1 atom stereocenters. The maximum atomic E-state index is 3.47. The summed E-state index contributed by atoms with van der Waals surface area (Å²) in [5.41, 5.74) is 2.86. The molecule has 1 N–H and O–H groups in total. The van der Waals surface area contributed by atoms with Crippen LogP contribution >= 0.6 is 11.8 Å². The predicted molar refractivity (Wildman–Crippen MR) is 87.0 cm³/mol. The Hall–Kier alpha value is -0.470. The van der Waals surface area contributed by atoms with E-state index >= 15 is 0 Å². The Kier molecular flexibility index (Phi) is 5.77. The van der Waals surface area contributed by atoms with Crippen LogP contribution in [0.15, 0.2) is 24.3 Å². The molecule has 1 fully saturated rings. The standard InChI is InChI=1S/C17H27NS/c1-13(2)14-8-10-15(11-9-14)17(18-3)12-19-16-6-4-5-7-16/h8-11,13,16-18H,4-7,12H2,1-3H3. The average molecular weight is 277 g/mol. The summed E-state index contributed by atoms with van der Waals surface area (Å²) in [5, 5.41) is 4.38. The maximum absolute atomic E-state index is 3.47. The van der Waals surface area contributed by atoms with Crippen molar-refractivity contribution in [2.75, 3.05) is 12.8 Å². The van der Waals surface area contributed by atoms with Crippen molar-refractivity contribution in [3.05, 3.63) is 35.4 Å². The Morgan fingerprint density at radius 3 is 2.21 bits per heavy atom. The fraction of sp³-hybridized carbons (Fsp3) is 0.647. The third kappa shape index (κ3) is 4.25. The van der Waals surface area contributed by atoms with E-state index in [9.17, 15) is 0 Å².